The van der Waals surface area contributed by atoms with Gasteiger partial charge in [0, 0.05) is 30.9 Å². The Labute approximate surface area is 138 Å². The summed E-state index contributed by atoms with van der Waals surface area (Å²) in [6.45, 7) is 1.72. The third-order valence-corrected chi connectivity index (χ3v) is 5.96. The molecule has 0 aliphatic heterocycles. The second-order valence-electron chi connectivity index (χ2n) is 7.61. The van der Waals surface area contributed by atoms with Gasteiger partial charge in [-0.05, 0) is 62.7 Å². The predicted molar refractivity (Wildman–Crippen MR) is 87.7 cm³/mol. The Morgan fingerprint density at radius 2 is 1.82 bits per heavy atom. The van der Waals surface area contributed by atoms with Crippen LogP contribution < -0.4 is 5.32 Å². The second-order valence-corrected chi connectivity index (χ2v) is 7.61. The Bertz CT molecular complexity index is 479. The summed E-state index contributed by atoms with van der Waals surface area (Å²) >= 11 is 0. The molecule has 1 aromatic rings. The standard InChI is InChI=1S/C17H25N3O.ClH/c21-16(19-2-1-4-20-5-3-18-12-20)17-9-13-6-14(10-17)8-15(7-13)11-17;/h3,5,12-15H,1-2,4,6-11H2,(H,19,21);1H. The van der Waals surface area contributed by atoms with Crippen molar-refractivity contribution in [1.82, 2.24) is 14.9 Å². The van der Waals surface area contributed by atoms with Gasteiger partial charge in [0.25, 0.3) is 0 Å². The molecule has 0 atom stereocenters. The van der Waals surface area contributed by atoms with Crippen molar-refractivity contribution in [3.05, 3.63) is 18.7 Å². The van der Waals surface area contributed by atoms with Crippen LogP contribution in [0.4, 0.5) is 0 Å². The van der Waals surface area contributed by atoms with Crippen molar-refractivity contribution in [3.8, 4) is 0 Å². The Hall–Kier alpha value is -1.03. The number of nitrogens with zero attached hydrogens (tertiary/aromatic N) is 2. The lowest BCUT2D eigenvalue weighted by molar-refractivity contribution is -0.146. The fraction of sp³-hybridized carbons (Fsp3) is 0.765. The van der Waals surface area contributed by atoms with E-state index in [9.17, 15) is 4.79 Å². The Morgan fingerprint density at radius 1 is 1.18 bits per heavy atom. The van der Waals surface area contributed by atoms with Gasteiger partial charge in [-0.25, -0.2) is 4.98 Å². The molecule has 0 aromatic carbocycles. The third kappa shape index (κ3) is 2.90. The lowest BCUT2D eigenvalue weighted by Gasteiger charge is -2.55. The zero-order valence-corrected chi connectivity index (χ0v) is 13.9. The Kier molecular flexibility index (Phi) is 4.49. The van der Waals surface area contributed by atoms with Crippen LogP contribution in [0.15, 0.2) is 18.7 Å². The molecule has 22 heavy (non-hydrogen) atoms. The van der Waals surface area contributed by atoms with E-state index in [0.29, 0.717) is 5.91 Å². The average molecular weight is 324 g/mol. The molecule has 4 bridgehead atoms. The highest BCUT2D eigenvalue weighted by molar-refractivity contribution is 5.85. The summed E-state index contributed by atoms with van der Waals surface area (Å²) in [5.41, 5.74) is 0.00373. The molecular weight excluding hydrogens is 298 g/mol. The smallest absolute Gasteiger partial charge is 0.226 e. The molecule has 1 amide bonds. The second kappa shape index (κ2) is 6.23. The summed E-state index contributed by atoms with van der Waals surface area (Å²) in [5.74, 6) is 2.88. The Balaban J connectivity index is 0.00000144. The number of carbonyl (C=O) groups is 1. The zero-order valence-electron chi connectivity index (χ0n) is 13.0. The van der Waals surface area contributed by atoms with E-state index in [2.05, 4.69) is 14.9 Å². The number of aryl methyl sites for hydroxylation is 1. The van der Waals surface area contributed by atoms with Gasteiger partial charge in [-0.15, -0.1) is 12.4 Å². The summed E-state index contributed by atoms with van der Waals surface area (Å²) in [6.07, 6.45) is 14.3. The van der Waals surface area contributed by atoms with Gasteiger partial charge in [-0.3, -0.25) is 4.79 Å². The van der Waals surface area contributed by atoms with Crippen LogP contribution in [0.1, 0.15) is 44.9 Å². The topological polar surface area (TPSA) is 46.9 Å². The summed E-state index contributed by atoms with van der Waals surface area (Å²) in [4.78, 5) is 16.8. The van der Waals surface area contributed by atoms with Crippen molar-refractivity contribution in [2.24, 2.45) is 23.2 Å². The Morgan fingerprint density at radius 3 is 2.36 bits per heavy atom. The number of nitrogens with one attached hydrogen (secondary N) is 1. The largest absolute Gasteiger partial charge is 0.356 e. The molecule has 4 aliphatic rings. The van der Waals surface area contributed by atoms with Gasteiger partial charge < -0.3 is 9.88 Å². The normalized spacial score (nSPS) is 35.2. The van der Waals surface area contributed by atoms with Crippen molar-refractivity contribution in [2.45, 2.75) is 51.5 Å². The molecule has 5 rings (SSSR count). The minimum absolute atomic E-state index is 0. The maximum Gasteiger partial charge on any atom is 0.226 e. The average Bonchev–Trinajstić information content (AvgIpc) is 2.95. The van der Waals surface area contributed by atoms with Gasteiger partial charge in [0.2, 0.25) is 5.91 Å². The lowest BCUT2D eigenvalue weighted by Crippen LogP contribution is -2.53. The van der Waals surface area contributed by atoms with Crippen molar-refractivity contribution >= 4 is 18.3 Å². The molecule has 0 radical (unpaired) electrons. The first-order chi connectivity index (χ1) is 10.2. The number of hydrogen-bond donors (Lipinski definition) is 1. The molecule has 4 aliphatic carbocycles. The van der Waals surface area contributed by atoms with Crippen LogP contribution in [-0.2, 0) is 11.3 Å². The number of hydrogen-bond acceptors (Lipinski definition) is 2. The summed E-state index contributed by atoms with van der Waals surface area (Å²) < 4.78 is 2.07. The third-order valence-electron chi connectivity index (χ3n) is 5.96. The molecule has 4 nitrogen and oxygen atoms in total. The van der Waals surface area contributed by atoms with E-state index in [-0.39, 0.29) is 17.8 Å². The molecule has 4 saturated carbocycles. The zero-order chi connectivity index (χ0) is 14.3. The maximum absolute atomic E-state index is 12.7. The molecule has 0 spiro atoms. The van der Waals surface area contributed by atoms with Gasteiger partial charge >= 0.3 is 0 Å². The fourth-order valence-corrected chi connectivity index (χ4v) is 5.46. The molecule has 1 aromatic heterocycles. The molecule has 5 heteroatoms. The maximum atomic E-state index is 12.7. The van der Waals surface area contributed by atoms with Crippen LogP contribution in [0, 0.1) is 23.2 Å². The number of amides is 1. The van der Waals surface area contributed by atoms with Crippen LogP contribution in [0.2, 0.25) is 0 Å². The van der Waals surface area contributed by atoms with Crippen molar-refractivity contribution in [2.75, 3.05) is 6.54 Å². The van der Waals surface area contributed by atoms with Gasteiger partial charge in [-0.1, -0.05) is 0 Å². The minimum Gasteiger partial charge on any atom is -0.356 e. The van der Waals surface area contributed by atoms with Gasteiger partial charge in [0.05, 0.1) is 6.33 Å². The van der Waals surface area contributed by atoms with Crippen molar-refractivity contribution < 1.29 is 4.79 Å². The molecule has 4 fully saturated rings. The molecule has 0 unspecified atom stereocenters. The van der Waals surface area contributed by atoms with Crippen LogP contribution in [-0.4, -0.2) is 22.0 Å². The molecule has 1 heterocycles. The highest BCUT2D eigenvalue weighted by Gasteiger charge is 2.54. The summed E-state index contributed by atoms with van der Waals surface area (Å²) in [7, 11) is 0. The number of aromatic nitrogens is 2. The molecule has 0 saturated heterocycles. The number of carbonyl (C=O) groups excluding carboxylic acids is 1. The first-order valence-corrected chi connectivity index (χ1v) is 8.47. The van der Waals surface area contributed by atoms with Crippen LogP contribution in [0.25, 0.3) is 0 Å². The van der Waals surface area contributed by atoms with Crippen LogP contribution >= 0.6 is 12.4 Å². The lowest BCUT2D eigenvalue weighted by atomic mass is 9.49. The van der Waals surface area contributed by atoms with E-state index in [0.717, 1.165) is 56.5 Å². The summed E-state index contributed by atoms with van der Waals surface area (Å²) in [5, 5.41) is 3.23. The predicted octanol–water partition coefficient (Wildman–Crippen LogP) is 3.03. The van der Waals surface area contributed by atoms with Gasteiger partial charge in [0.15, 0.2) is 0 Å². The monoisotopic (exact) mass is 323 g/mol. The van der Waals surface area contributed by atoms with E-state index in [1.807, 2.05) is 12.5 Å². The fourth-order valence-electron chi connectivity index (χ4n) is 5.46. The van der Waals surface area contributed by atoms with Gasteiger partial charge in [-0.2, -0.15) is 0 Å². The number of halogens is 1. The molecular formula is C17H26ClN3O. The first kappa shape index (κ1) is 15.9. The molecule has 122 valence electrons. The number of imidazole rings is 1. The van der Waals surface area contributed by atoms with Crippen LogP contribution in [0.3, 0.4) is 0 Å². The molecule has 1 N–H and O–H groups in total. The van der Waals surface area contributed by atoms with E-state index >= 15 is 0 Å². The quantitative estimate of drug-likeness (QED) is 0.847. The van der Waals surface area contributed by atoms with Crippen molar-refractivity contribution in [1.29, 1.82) is 0 Å². The highest BCUT2D eigenvalue weighted by Crippen LogP contribution is 2.60. The SMILES string of the molecule is Cl.O=C(NCCCn1ccnc1)C12CC3CC(CC(C3)C1)C2. The van der Waals surface area contributed by atoms with E-state index in [1.54, 1.807) is 6.20 Å². The van der Waals surface area contributed by atoms with E-state index in [1.165, 1.54) is 19.3 Å². The van der Waals surface area contributed by atoms with Crippen LogP contribution in [0.5, 0.6) is 0 Å². The first-order valence-electron chi connectivity index (χ1n) is 8.47. The van der Waals surface area contributed by atoms with Crippen molar-refractivity contribution in [3.63, 3.8) is 0 Å². The van der Waals surface area contributed by atoms with E-state index in [4.69, 9.17) is 0 Å². The summed E-state index contributed by atoms with van der Waals surface area (Å²) in [6, 6.07) is 0. The number of rotatable bonds is 5. The van der Waals surface area contributed by atoms with Gasteiger partial charge in [0.1, 0.15) is 0 Å². The van der Waals surface area contributed by atoms with E-state index < -0.39 is 0 Å². The highest BCUT2D eigenvalue weighted by atomic mass is 35.5. The minimum atomic E-state index is 0.